The van der Waals surface area contributed by atoms with Crippen LogP contribution in [0.3, 0.4) is 0 Å². The molecule has 3 aromatic carbocycles. The Morgan fingerprint density at radius 3 is 1.39 bits per heavy atom. The molecule has 3 aliphatic rings. The van der Waals surface area contributed by atoms with Gasteiger partial charge in [-0.3, -0.25) is 4.79 Å². The number of H-pyrrole nitrogens is 3. The number of allylic oxidation sites excluding steroid dienone is 7. The van der Waals surface area contributed by atoms with E-state index in [1.54, 1.807) is 66.7 Å². The van der Waals surface area contributed by atoms with E-state index in [9.17, 15) is 4.79 Å². The van der Waals surface area contributed by atoms with E-state index in [-0.39, 0.29) is 10.8 Å². The molecule has 3 N–H and O–H groups in total. The minimum atomic E-state index is -0.261. The maximum absolute atomic E-state index is 13.7. The van der Waals surface area contributed by atoms with Gasteiger partial charge in [0.25, 0.3) is 0 Å². The first-order chi connectivity index (χ1) is 27.1. The molecule has 0 saturated carbocycles. The summed E-state index contributed by atoms with van der Waals surface area (Å²) in [5.74, 6) is -0.261. The molecule has 5 nitrogen and oxygen atoms in total. The van der Waals surface area contributed by atoms with Crippen molar-refractivity contribution in [1.82, 2.24) is 15.0 Å². The summed E-state index contributed by atoms with van der Waals surface area (Å²) in [6.07, 6.45) is 8.59. The lowest BCUT2D eigenvalue weighted by Crippen LogP contribution is -2.20. The molecular weight excluding hydrogens is 849 g/mol. The fourth-order valence-electron chi connectivity index (χ4n) is 7.29. The monoisotopic (exact) mass is 868 g/mol. The lowest BCUT2D eigenvalue weighted by atomic mass is 9.95. The fraction of sp³-hybridized carbons (Fsp3) is 0. The summed E-state index contributed by atoms with van der Waals surface area (Å²) >= 11 is 48.5. The van der Waals surface area contributed by atoms with E-state index in [0.29, 0.717) is 120 Å². The lowest BCUT2D eigenvalue weighted by Gasteiger charge is -2.16. The number of benzene rings is 3. The van der Waals surface area contributed by atoms with Crippen molar-refractivity contribution in [2.75, 3.05) is 0 Å². The van der Waals surface area contributed by atoms with E-state index in [1.807, 2.05) is 48.6 Å². The van der Waals surface area contributed by atoms with Crippen LogP contribution in [0.25, 0.3) is 22.3 Å². The Bertz CT molecular complexity index is 2960. The number of aromatic nitrogens is 3. The maximum Gasteiger partial charge on any atom is 0.188 e. The van der Waals surface area contributed by atoms with Gasteiger partial charge in [-0.25, -0.2) is 4.99 Å². The third kappa shape index (κ3) is 6.29. The number of carbonyl (C=O) groups excluding carboxylic acids is 1. The van der Waals surface area contributed by atoms with E-state index in [0.717, 1.165) is 0 Å². The van der Waals surface area contributed by atoms with Gasteiger partial charge in [0, 0.05) is 72.5 Å². The van der Waals surface area contributed by atoms with Crippen molar-refractivity contribution in [3.05, 3.63) is 218 Å². The minimum Gasteiger partial charge on any atom is -0.354 e. The Labute approximate surface area is 355 Å². The molecule has 12 heteroatoms. The number of fused-ring (bicyclic) bond motifs is 7. The number of aliphatic imine (C=N–C) groups is 1. The zero-order valence-electron chi connectivity index (χ0n) is 28.5. The number of hydrogen-bond donors (Lipinski definition) is 3. The summed E-state index contributed by atoms with van der Waals surface area (Å²) in [5, 5.41) is 4.19. The first kappa shape index (κ1) is 36.9. The maximum atomic E-state index is 13.7. The number of ketones is 1. The van der Waals surface area contributed by atoms with Gasteiger partial charge < -0.3 is 15.0 Å². The van der Waals surface area contributed by atoms with Crippen molar-refractivity contribution in [3.63, 3.8) is 0 Å². The zero-order valence-corrected chi connectivity index (χ0v) is 33.8. The Balaban J connectivity index is 1.48. The molecule has 8 bridgehead atoms. The molecule has 0 unspecified atom stereocenters. The Morgan fingerprint density at radius 2 is 0.875 bits per heavy atom. The number of hydrogen-bond acceptors (Lipinski definition) is 2. The highest BCUT2D eigenvalue weighted by Crippen LogP contribution is 2.42. The van der Waals surface area contributed by atoms with Crippen LogP contribution in [0.4, 0.5) is 0 Å². The van der Waals surface area contributed by atoms with Crippen molar-refractivity contribution in [3.8, 4) is 0 Å². The van der Waals surface area contributed by atoms with Crippen molar-refractivity contribution in [2.24, 2.45) is 4.99 Å². The van der Waals surface area contributed by atoms with Gasteiger partial charge >= 0.3 is 0 Å². The fourth-order valence-corrected chi connectivity index (χ4v) is 9.31. The largest absolute Gasteiger partial charge is 0.354 e. The van der Waals surface area contributed by atoms with E-state index in [1.165, 1.54) is 6.08 Å². The second-order valence-electron chi connectivity index (χ2n) is 13.0. The van der Waals surface area contributed by atoms with Gasteiger partial charge in [-0.15, -0.1) is 0 Å². The summed E-state index contributed by atoms with van der Waals surface area (Å²) in [5.41, 5.74) is 8.12. The first-order valence-electron chi connectivity index (χ1n) is 17.1. The molecule has 56 heavy (non-hydrogen) atoms. The normalized spacial score (nSPS) is 19.8. The van der Waals surface area contributed by atoms with Crippen LogP contribution >= 0.6 is 81.2 Å². The third-order valence-corrected chi connectivity index (χ3v) is 11.9. The summed E-state index contributed by atoms with van der Waals surface area (Å²) in [4.78, 5) is 29.7. The molecular formula is C44H23Cl7N4O. The van der Waals surface area contributed by atoms with Gasteiger partial charge in [0.2, 0.25) is 0 Å². The topological polar surface area (TPSA) is 76.8 Å². The first-order valence-corrected chi connectivity index (χ1v) is 19.7. The van der Waals surface area contributed by atoms with Gasteiger partial charge in [0.15, 0.2) is 5.78 Å². The van der Waals surface area contributed by atoms with Gasteiger partial charge in [-0.1, -0.05) is 105 Å². The molecule has 6 aromatic rings. The van der Waals surface area contributed by atoms with Crippen LogP contribution in [0.15, 0.2) is 143 Å². The van der Waals surface area contributed by atoms with Crippen LogP contribution in [0.1, 0.15) is 39.5 Å². The molecule has 0 atom stereocenters. The third-order valence-electron chi connectivity index (χ3n) is 9.69. The zero-order chi connectivity index (χ0) is 38.8. The van der Waals surface area contributed by atoms with E-state index in [2.05, 4.69) is 15.0 Å². The summed E-state index contributed by atoms with van der Waals surface area (Å²) in [6.45, 7) is 0. The molecule has 0 saturated heterocycles. The molecule has 2 aliphatic heterocycles. The molecule has 0 fully saturated rings. The van der Waals surface area contributed by atoms with Gasteiger partial charge in [0.1, 0.15) is 0 Å². The standard InChI is InChI=1S/C44H23Cl7N4O/c45-21-5-1-6-22(46)37(21)41-28-13-15-30(52-28)42(38-23(47)7-2-8-24(38)48)32-17-19-34(54-32)44(40-27(51)11-4-12-36(40)56)35-20-18-33(55-35)43(31-16-14-29(41)53-31)39-25(49)9-3-10-26(39)50/h1-20,52,54-55H/b41-28+,42-30+,43-31+,44-40+. The number of nitrogens with one attached hydrogen (secondary N) is 3. The van der Waals surface area contributed by atoms with Gasteiger partial charge in [0.05, 0.1) is 52.1 Å². The predicted molar refractivity (Wildman–Crippen MR) is 232 cm³/mol. The minimum absolute atomic E-state index is 0.261. The molecule has 274 valence electrons. The SMILES string of the molecule is O=C1C=CC=C(Cl)/C1=C1\c2ccc([nH]2)/C(c2c(Cl)cccc2Cl)=C2/C=CC(=N2)/C(c2c(Cl)cccc2Cl)=c2/cc/c([nH]2)=C(\c2c(Cl)cccc2Cl)c2ccc1[nH]2. The second-order valence-corrected chi connectivity index (χ2v) is 15.8. The Morgan fingerprint density at radius 1 is 0.429 bits per heavy atom. The summed E-state index contributed by atoms with van der Waals surface area (Å²) in [7, 11) is 0. The van der Waals surface area contributed by atoms with E-state index in [4.69, 9.17) is 86.2 Å². The average molecular weight is 872 g/mol. The number of nitrogens with zero attached hydrogens (tertiary/aromatic N) is 1. The molecule has 9 rings (SSSR count). The van der Waals surface area contributed by atoms with Gasteiger partial charge in [-0.2, -0.15) is 0 Å². The molecule has 5 heterocycles. The Hall–Kier alpha value is -4.69. The van der Waals surface area contributed by atoms with Crippen LogP contribution in [0.2, 0.25) is 30.1 Å². The predicted octanol–water partition coefficient (Wildman–Crippen LogP) is 11.9. The highest BCUT2D eigenvalue weighted by atomic mass is 35.5. The van der Waals surface area contributed by atoms with Crippen molar-refractivity contribution in [2.45, 2.75) is 0 Å². The van der Waals surface area contributed by atoms with Crippen LogP contribution in [-0.2, 0) is 4.79 Å². The van der Waals surface area contributed by atoms with Crippen molar-refractivity contribution < 1.29 is 4.79 Å². The van der Waals surface area contributed by atoms with E-state index < -0.39 is 0 Å². The highest BCUT2D eigenvalue weighted by molar-refractivity contribution is 6.43. The highest BCUT2D eigenvalue weighted by Gasteiger charge is 2.28. The van der Waals surface area contributed by atoms with Gasteiger partial charge in [-0.05, 0) is 97.1 Å². The van der Waals surface area contributed by atoms with Crippen LogP contribution in [0.5, 0.6) is 0 Å². The number of rotatable bonds is 3. The number of aromatic amines is 3. The number of halogens is 7. The molecule has 0 amide bonds. The second kappa shape index (κ2) is 14.7. The molecule has 3 aromatic heterocycles. The molecule has 0 spiro atoms. The molecule has 1 aliphatic carbocycles. The van der Waals surface area contributed by atoms with E-state index >= 15 is 0 Å². The van der Waals surface area contributed by atoms with Crippen LogP contribution in [-0.4, -0.2) is 26.4 Å². The lowest BCUT2D eigenvalue weighted by molar-refractivity contribution is -0.111. The smallest absolute Gasteiger partial charge is 0.188 e. The summed E-state index contributed by atoms with van der Waals surface area (Å²) < 4.78 is 0. The average Bonchev–Trinajstić information content (AvgIpc) is 4.00. The van der Waals surface area contributed by atoms with Crippen molar-refractivity contribution in [1.29, 1.82) is 0 Å². The van der Waals surface area contributed by atoms with Crippen LogP contribution in [0, 0.1) is 0 Å². The van der Waals surface area contributed by atoms with Crippen molar-refractivity contribution >= 4 is 115 Å². The van der Waals surface area contributed by atoms with Crippen LogP contribution < -0.4 is 10.7 Å². The Kier molecular flexibility index (Phi) is 9.67. The molecule has 0 radical (unpaired) electrons. The quantitative estimate of drug-likeness (QED) is 0.152. The summed E-state index contributed by atoms with van der Waals surface area (Å²) in [6, 6.07) is 27.5. The number of carbonyl (C=O) groups is 1.